The van der Waals surface area contributed by atoms with Gasteiger partial charge >= 0.3 is 0 Å². The number of benzene rings is 13. The number of hydrogen-bond donors (Lipinski definition) is 0. The van der Waals surface area contributed by atoms with Gasteiger partial charge in [0.25, 0.3) is 0 Å². The Balaban J connectivity index is 0.982. The molecule has 0 saturated heterocycles. The van der Waals surface area contributed by atoms with Crippen molar-refractivity contribution in [3.05, 3.63) is 309 Å². The molecule has 0 unspecified atom stereocenters. The van der Waals surface area contributed by atoms with Crippen LogP contribution < -0.4 is 0 Å². The Kier molecular flexibility index (Phi) is 10.6. The van der Waals surface area contributed by atoms with Crippen molar-refractivity contribution in [3.63, 3.8) is 0 Å². The van der Waals surface area contributed by atoms with Crippen molar-refractivity contribution < 1.29 is 0 Å². The van der Waals surface area contributed by atoms with E-state index in [0.29, 0.717) is 5.69 Å². The van der Waals surface area contributed by atoms with Crippen LogP contribution >= 0.6 is 0 Å². The summed E-state index contributed by atoms with van der Waals surface area (Å²) in [6.07, 6.45) is 0. The molecule has 0 aliphatic rings. The van der Waals surface area contributed by atoms with Crippen LogP contribution in [0.4, 0.5) is 5.69 Å². The van der Waals surface area contributed by atoms with E-state index >= 15 is 0 Å². The van der Waals surface area contributed by atoms with Gasteiger partial charge in [-0.15, -0.1) is 0 Å². The fourth-order valence-corrected chi connectivity index (χ4v) is 14.5. The number of rotatable bonds is 8. The lowest BCUT2D eigenvalue weighted by atomic mass is 9.91. The summed E-state index contributed by atoms with van der Waals surface area (Å²) in [5, 5.41) is 4.51. The first-order valence-corrected chi connectivity index (χ1v) is 30.3. The zero-order valence-electron chi connectivity index (χ0n) is 48.3. The number of hydrogen-bond acceptors (Lipinski definition) is 2. The lowest BCUT2D eigenvalue weighted by Gasteiger charge is -2.23. The minimum Gasteiger partial charge on any atom is -0.310 e. The van der Waals surface area contributed by atoms with Crippen LogP contribution in [-0.4, -0.2) is 37.0 Å². The lowest BCUT2D eigenvalue weighted by molar-refractivity contribution is 1.11. The normalized spacial score (nSPS) is 12.0. The van der Waals surface area contributed by atoms with Gasteiger partial charge < -0.3 is 9.13 Å². The second-order valence-electron chi connectivity index (χ2n) is 23.2. The van der Waals surface area contributed by atoms with Gasteiger partial charge in [0.1, 0.15) is 0 Å². The van der Waals surface area contributed by atoms with Crippen molar-refractivity contribution in [1.82, 2.24) is 37.0 Å². The van der Waals surface area contributed by atoms with E-state index in [1.165, 1.54) is 0 Å². The third kappa shape index (κ3) is 7.18. The van der Waals surface area contributed by atoms with Crippen molar-refractivity contribution in [3.8, 4) is 67.3 Å². The lowest BCUT2D eigenvalue weighted by Crippen LogP contribution is -2.05. The smallest absolute Gasteiger partial charge is 0.220 e. The average molecular weight is 1150 g/mol. The summed E-state index contributed by atoms with van der Waals surface area (Å²) in [5.74, 6) is 1.60. The Labute approximate surface area is 515 Å². The van der Waals surface area contributed by atoms with Crippen LogP contribution in [-0.2, 0) is 0 Å². The molecule has 6 heterocycles. The van der Waals surface area contributed by atoms with Gasteiger partial charge in [0.2, 0.25) is 17.2 Å². The molecule has 0 aliphatic heterocycles. The van der Waals surface area contributed by atoms with Crippen molar-refractivity contribution in [2.45, 2.75) is 0 Å². The molecule has 0 spiro atoms. The monoisotopic (exact) mass is 1150 g/mol. The zero-order valence-corrected chi connectivity index (χ0v) is 48.3. The summed E-state index contributed by atoms with van der Waals surface area (Å²) < 4.78 is 14.0. The van der Waals surface area contributed by atoms with Crippen molar-refractivity contribution in [2.24, 2.45) is 0 Å². The maximum absolute atomic E-state index is 9.99. The molecule has 0 N–H and O–H groups in total. The van der Waals surface area contributed by atoms with Crippen molar-refractivity contribution in [2.75, 3.05) is 0 Å². The van der Waals surface area contributed by atoms with Crippen LogP contribution in [0.2, 0.25) is 0 Å². The second-order valence-corrected chi connectivity index (χ2v) is 23.2. The highest BCUT2D eigenvalue weighted by atomic mass is 15.2. The molecular weight excluding hydrogens is 1100 g/mol. The van der Waals surface area contributed by atoms with Gasteiger partial charge in [-0.25, -0.2) is 14.8 Å². The number of fused-ring (bicyclic) bond motifs is 16. The molecule has 418 valence electrons. The third-order valence-electron chi connectivity index (χ3n) is 18.4. The molecule has 0 saturated carbocycles. The molecule has 13 aromatic carbocycles. The van der Waals surface area contributed by atoms with Gasteiger partial charge in [-0.2, -0.15) is 0 Å². The summed E-state index contributed by atoms with van der Waals surface area (Å²) in [5.41, 5.74) is 24.0. The first kappa shape index (κ1) is 49.7. The van der Waals surface area contributed by atoms with Crippen LogP contribution in [0.5, 0.6) is 0 Å². The second kappa shape index (κ2) is 19.2. The largest absolute Gasteiger partial charge is 0.310 e. The summed E-state index contributed by atoms with van der Waals surface area (Å²) in [6.45, 7) is 9.99. The van der Waals surface area contributed by atoms with Crippen molar-refractivity contribution >= 4 is 105 Å². The van der Waals surface area contributed by atoms with Gasteiger partial charge in [0.05, 0.1) is 72.8 Å². The molecule has 0 aliphatic carbocycles. The number of aromatic nitrogens is 8. The molecule has 0 amide bonds. The Bertz CT molecular complexity index is 5730. The predicted octanol–water partition coefficient (Wildman–Crippen LogP) is 20.6. The Morgan fingerprint density at radius 1 is 0.256 bits per heavy atom. The van der Waals surface area contributed by atoms with Gasteiger partial charge in [-0.1, -0.05) is 194 Å². The Morgan fingerprint density at radius 2 is 0.589 bits per heavy atom. The SMILES string of the molecule is [C-]#[N+]c1c(-c2ccc3c(c2)n2c4cc(-c5ccccc5)ccc4nc2n3-c2ccccc2)c(-n2c3ccccc3c3ccccc32)cc(-n2c3ccccc3c3ccccc32)c1-c1ccc2c(c1)n1c3cc(-c4ccccc4)ccc3nc1n2-c1ccccc1. The molecule has 9 nitrogen and oxygen atoms in total. The summed E-state index contributed by atoms with van der Waals surface area (Å²) in [6, 6.07) is 106. The Hall–Kier alpha value is -12.5. The quantitative estimate of drug-likeness (QED) is 0.142. The van der Waals surface area contributed by atoms with Gasteiger partial charge in [0.15, 0.2) is 0 Å². The number of para-hydroxylation sites is 6. The molecule has 19 aromatic rings. The highest BCUT2D eigenvalue weighted by molar-refractivity contribution is 6.14. The molecular formula is C81H49N9. The number of imidazole rings is 4. The van der Waals surface area contributed by atoms with E-state index < -0.39 is 0 Å². The van der Waals surface area contributed by atoms with E-state index in [1.807, 2.05) is 0 Å². The topological polar surface area (TPSA) is 58.7 Å². The molecule has 0 fully saturated rings. The first-order chi connectivity index (χ1) is 44.6. The molecule has 0 bridgehead atoms. The highest BCUT2D eigenvalue weighted by Crippen LogP contribution is 2.52. The minimum atomic E-state index is 0.520. The molecule has 90 heavy (non-hydrogen) atoms. The zero-order chi connectivity index (χ0) is 59.1. The third-order valence-corrected chi connectivity index (χ3v) is 18.4. The standard InChI is InChI=1S/C81H49N9/c1-82-79-77(55-40-44-69-73(48-55)89-71-46-53(51-22-6-2-7-23-51)38-42-63(71)83-80(89)85(69)57-26-10-4-11-27-57)75(87-65-34-18-14-30-59(65)60-31-15-19-35-66(60)87)50-76(88-67-36-20-16-32-61(67)62-33-17-21-37-68(62)88)78(79)56-41-45-70-74(49-56)90-72-47-54(52-24-8-3-9-25-52)39-43-64(72)84-81(90)86(70)58-28-12-5-13-29-58/h2-50H. The van der Waals surface area contributed by atoms with Gasteiger partial charge in [-0.3, -0.25) is 17.9 Å². The minimum absolute atomic E-state index is 0.520. The van der Waals surface area contributed by atoms with Crippen LogP contribution in [0.25, 0.3) is 171 Å². The van der Waals surface area contributed by atoms with Crippen LogP contribution in [0.15, 0.2) is 297 Å². The highest BCUT2D eigenvalue weighted by Gasteiger charge is 2.30. The maximum Gasteiger partial charge on any atom is 0.220 e. The maximum atomic E-state index is 9.99. The van der Waals surface area contributed by atoms with Crippen LogP contribution in [0.3, 0.4) is 0 Å². The fraction of sp³-hybridized carbons (Fsp3) is 0. The predicted molar refractivity (Wildman–Crippen MR) is 369 cm³/mol. The first-order valence-electron chi connectivity index (χ1n) is 30.3. The average Bonchev–Trinajstić information content (AvgIpc) is 1.50. The van der Waals surface area contributed by atoms with Crippen LogP contribution in [0, 0.1) is 6.57 Å². The van der Waals surface area contributed by atoms with E-state index in [4.69, 9.17) is 14.8 Å². The van der Waals surface area contributed by atoms with E-state index in [1.54, 1.807) is 0 Å². The summed E-state index contributed by atoms with van der Waals surface area (Å²) >= 11 is 0. The van der Waals surface area contributed by atoms with E-state index in [0.717, 1.165) is 167 Å². The van der Waals surface area contributed by atoms with Gasteiger partial charge in [-0.05, 0) is 137 Å². The van der Waals surface area contributed by atoms with Crippen LogP contribution in [0.1, 0.15) is 0 Å². The molecule has 9 heteroatoms. The van der Waals surface area contributed by atoms with E-state index in [9.17, 15) is 6.57 Å². The summed E-state index contributed by atoms with van der Waals surface area (Å²) in [4.78, 5) is 15.8. The molecule has 6 aromatic heterocycles. The number of nitrogens with zero attached hydrogens (tertiary/aromatic N) is 9. The fourth-order valence-electron chi connectivity index (χ4n) is 14.5. The van der Waals surface area contributed by atoms with E-state index in [-0.39, 0.29) is 0 Å². The molecule has 0 atom stereocenters. The molecule has 0 radical (unpaired) electrons. The van der Waals surface area contributed by atoms with E-state index in [2.05, 4.69) is 324 Å². The van der Waals surface area contributed by atoms with Gasteiger partial charge in [0, 0.05) is 55.4 Å². The van der Waals surface area contributed by atoms with Crippen molar-refractivity contribution in [1.29, 1.82) is 0 Å². The Morgan fingerprint density at radius 3 is 0.967 bits per heavy atom. The summed E-state index contributed by atoms with van der Waals surface area (Å²) in [7, 11) is 0. The molecule has 19 rings (SSSR count).